The zero-order valence-electron chi connectivity index (χ0n) is 16.3. The number of halogens is 2. The van der Waals surface area contributed by atoms with Gasteiger partial charge in [-0.15, -0.1) is 10.2 Å². The maximum atomic E-state index is 6.33. The molecule has 0 radical (unpaired) electrons. The summed E-state index contributed by atoms with van der Waals surface area (Å²) in [5, 5.41) is 10.8. The first-order valence-electron chi connectivity index (χ1n) is 9.36. The van der Waals surface area contributed by atoms with Crippen molar-refractivity contribution in [2.75, 3.05) is 0 Å². The highest BCUT2D eigenvalue weighted by molar-refractivity contribution is 7.98. The lowest BCUT2D eigenvalue weighted by Gasteiger charge is -2.12. The van der Waals surface area contributed by atoms with Crippen LogP contribution in [0, 0.1) is 6.92 Å². The molecule has 1 heterocycles. The topological polar surface area (TPSA) is 39.9 Å². The Morgan fingerprint density at radius 3 is 2.27 bits per heavy atom. The smallest absolute Gasteiger partial charge is 0.196 e. The Labute approximate surface area is 189 Å². The van der Waals surface area contributed by atoms with Crippen LogP contribution in [0.3, 0.4) is 0 Å². The molecule has 0 saturated heterocycles. The number of ether oxygens (including phenoxy) is 1. The summed E-state index contributed by atoms with van der Waals surface area (Å²) in [7, 11) is 0. The van der Waals surface area contributed by atoms with Gasteiger partial charge in [0.25, 0.3) is 0 Å². The zero-order chi connectivity index (χ0) is 20.9. The molecule has 0 aliphatic carbocycles. The van der Waals surface area contributed by atoms with Crippen molar-refractivity contribution < 1.29 is 4.74 Å². The molecule has 30 heavy (non-hydrogen) atoms. The molecule has 152 valence electrons. The molecule has 0 amide bonds. The minimum Gasteiger partial charge on any atom is -0.486 e. The van der Waals surface area contributed by atoms with Gasteiger partial charge in [0.2, 0.25) is 0 Å². The van der Waals surface area contributed by atoms with Gasteiger partial charge in [0.1, 0.15) is 12.4 Å². The molecule has 3 aromatic carbocycles. The second-order valence-corrected chi connectivity index (χ2v) is 8.42. The van der Waals surface area contributed by atoms with E-state index in [0.717, 1.165) is 28.0 Å². The molecule has 0 N–H and O–H groups in total. The number of nitrogens with zero attached hydrogens (tertiary/aromatic N) is 3. The Kier molecular flexibility index (Phi) is 6.62. The maximum absolute atomic E-state index is 6.33. The molecule has 4 aromatic rings. The van der Waals surface area contributed by atoms with Gasteiger partial charge >= 0.3 is 0 Å². The number of rotatable bonds is 7. The normalized spacial score (nSPS) is 10.9. The summed E-state index contributed by atoms with van der Waals surface area (Å²) in [5.74, 6) is 2.09. The molecule has 0 saturated carbocycles. The Bertz CT molecular complexity index is 1110. The van der Waals surface area contributed by atoms with Gasteiger partial charge in [-0.1, -0.05) is 76.9 Å². The highest BCUT2D eigenvalue weighted by Gasteiger charge is 2.16. The van der Waals surface area contributed by atoms with Gasteiger partial charge in [-0.05, 0) is 48.9 Å². The number of benzene rings is 3. The summed E-state index contributed by atoms with van der Waals surface area (Å²) in [6, 6.07) is 23.4. The molecule has 0 aliphatic heterocycles. The fraction of sp³-hybridized carbons (Fsp3) is 0.130. The average molecular weight is 456 g/mol. The van der Waals surface area contributed by atoms with Gasteiger partial charge in [-0.25, -0.2) is 0 Å². The quantitative estimate of drug-likeness (QED) is 0.288. The summed E-state index contributed by atoms with van der Waals surface area (Å²) in [5.41, 5.74) is 3.04. The van der Waals surface area contributed by atoms with E-state index in [1.54, 1.807) is 0 Å². The first-order valence-corrected chi connectivity index (χ1v) is 11.1. The van der Waals surface area contributed by atoms with E-state index in [1.807, 2.05) is 53.1 Å². The lowest BCUT2D eigenvalue weighted by molar-refractivity contribution is 0.293. The molecule has 7 heteroatoms. The summed E-state index contributed by atoms with van der Waals surface area (Å²) >= 11 is 14.2. The Morgan fingerprint density at radius 1 is 0.867 bits per heavy atom. The van der Waals surface area contributed by atoms with Crippen LogP contribution in [-0.2, 0) is 12.4 Å². The number of aryl methyl sites for hydroxylation is 1. The van der Waals surface area contributed by atoms with E-state index in [4.69, 9.17) is 27.9 Å². The zero-order valence-corrected chi connectivity index (χ0v) is 18.6. The predicted molar refractivity (Wildman–Crippen MR) is 123 cm³/mol. The predicted octanol–water partition coefficient (Wildman–Crippen LogP) is 6.75. The summed E-state index contributed by atoms with van der Waals surface area (Å²) in [6.45, 7) is 2.36. The van der Waals surface area contributed by atoms with Gasteiger partial charge in [0.15, 0.2) is 11.0 Å². The van der Waals surface area contributed by atoms with Crippen LogP contribution in [0.5, 0.6) is 5.75 Å². The molecule has 0 fully saturated rings. The Morgan fingerprint density at radius 2 is 1.57 bits per heavy atom. The van der Waals surface area contributed by atoms with E-state index in [0.29, 0.717) is 22.4 Å². The molecule has 0 spiro atoms. The van der Waals surface area contributed by atoms with Crippen molar-refractivity contribution in [2.45, 2.75) is 24.4 Å². The number of hydrogen-bond acceptors (Lipinski definition) is 4. The number of hydrogen-bond donors (Lipinski definition) is 0. The van der Waals surface area contributed by atoms with Crippen LogP contribution < -0.4 is 4.74 Å². The van der Waals surface area contributed by atoms with Crippen molar-refractivity contribution in [3.8, 4) is 11.4 Å². The monoisotopic (exact) mass is 455 g/mol. The fourth-order valence-electron chi connectivity index (χ4n) is 2.91. The van der Waals surface area contributed by atoms with E-state index < -0.39 is 0 Å². The van der Waals surface area contributed by atoms with Crippen molar-refractivity contribution in [3.05, 3.63) is 99.8 Å². The molecule has 1 aromatic heterocycles. The highest BCUT2D eigenvalue weighted by atomic mass is 35.5. The molecule has 4 nitrogen and oxygen atoms in total. The van der Waals surface area contributed by atoms with Crippen molar-refractivity contribution in [3.63, 3.8) is 0 Å². The third kappa shape index (κ3) is 4.81. The second kappa shape index (κ2) is 9.56. The van der Waals surface area contributed by atoms with Gasteiger partial charge in [0.05, 0.1) is 0 Å². The van der Waals surface area contributed by atoms with Crippen molar-refractivity contribution in [2.24, 2.45) is 0 Å². The van der Waals surface area contributed by atoms with Gasteiger partial charge in [0, 0.05) is 21.5 Å². The molecular weight excluding hydrogens is 437 g/mol. The van der Waals surface area contributed by atoms with Crippen LogP contribution in [0.25, 0.3) is 5.69 Å². The molecule has 0 aliphatic rings. The van der Waals surface area contributed by atoms with E-state index in [-0.39, 0.29) is 0 Å². The number of para-hydroxylation sites is 1. The Balaban J connectivity index is 1.62. The first-order chi connectivity index (χ1) is 14.6. The number of aromatic nitrogens is 3. The summed E-state index contributed by atoms with van der Waals surface area (Å²) in [4.78, 5) is 0. The molecule has 4 rings (SSSR count). The highest BCUT2D eigenvalue weighted by Crippen LogP contribution is 2.32. The van der Waals surface area contributed by atoms with Crippen LogP contribution in [0.4, 0.5) is 0 Å². The third-order valence-corrected chi connectivity index (χ3v) is 6.17. The van der Waals surface area contributed by atoms with Gasteiger partial charge in [-0.2, -0.15) is 0 Å². The standard InChI is InChI=1S/C23H19Cl2N3OS/c1-16-10-12-17(13-11-16)28-22(14-29-18-6-3-2-4-7-18)26-27-23(28)30-15-19-20(24)8-5-9-21(19)25/h2-13H,14-15H2,1H3. The van der Waals surface area contributed by atoms with Crippen LogP contribution in [0.15, 0.2) is 78.0 Å². The SMILES string of the molecule is Cc1ccc(-n2c(COc3ccccc3)nnc2SCc2c(Cl)cccc2Cl)cc1. The maximum Gasteiger partial charge on any atom is 0.196 e. The van der Waals surface area contributed by atoms with Gasteiger partial charge < -0.3 is 4.74 Å². The van der Waals surface area contributed by atoms with E-state index >= 15 is 0 Å². The molecule has 0 unspecified atom stereocenters. The van der Waals surface area contributed by atoms with E-state index in [9.17, 15) is 0 Å². The van der Waals surface area contributed by atoms with Crippen LogP contribution >= 0.6 is 35.0 Å². The van der Waals surface area contributed by atoms with E-state index in [1.165, 1.54) is 17.3 Å². The van der Waals surface area contributed by atoms with Crippen LogP contribution in [-0.4, -0.2) is 14.8 Å². The average Bonchev–Trinajstić information content (AvgIpc) is 3.16. The summed E-state index contributed by atoms with van der Waals surface area (Å²) < 4.78 is 7.93. The lowest BCUT2D eigenvalue weighted by Crippen LogP contribution is -2.06. The molecular formula is C23H19Cl2N3OS. The van der Waals surface area contributed by atoms with Crippen molar-refractivity contribution in [1.29, 1.82) is 0 Å². The second-order valence-electron chi connectivity index (χ2n) is 6.66. The molecule has 0 atom stereocenters. The third-order valence-electron chi connectivity index (χ3n) is 4.51. The lowest BCUT2D eigenvalue weighted by atomic mass is 10.2. The van der Waals surface area contributed by atoms with Crippen molar-refractivity contribution >= 4 is 35.0 Å². The minimum atomic E-state index is 0.304. The van der Waals surface area contributed by atoms with Crippen LogP contribution in [0.1, 0.15) is 17.0 Å². The van der Waals surface area contributed by atoms with E-state index in [2.05, 4.69) is 41.4 Å². The largest absolute Gasteiger partial charge is 0.486 e. The first kappa shape index (κ1) is 20.8. The Hall–Kier alpha value is -2.47. The number of thioether (sulfide) groups is 1. The molecule has 0 bridgehead atoms. The minimum absolute atomic E-state index is 0.304. The summed E-state index contributed by atoms with van der Waals surface area (Å²) in [6.07, 6.45) is 0. The van der Waals surface area contributed by atoms with Gasteiger partial charge in [-0.3, -0.25) is 4.57 Å². The van der Waals surface area contributed by atoms with Crippen LogP contribution in [0.2, 0.25) is 10.0 Å². The van der Waals surface area contributed by atoms with Crippen molar-refractivity contribution in [1.82, 2.24) is 14.8 Å². The fourth-order valence-corrected chi connectivity index (χ4v) is 4.62.